The number of halogens is 3. The van der Waals surface area contributed by atoms with Crippen molar-refractivity contribution >= 4 is 72.8 Å². The number of alkyl halides is 2. The lowest BCUT2D eigenvalue weighted by Crippen LogP contribution is -2.45. The van der Waals surface area contributed by atoms with Gasteiger partial charge in [0.05, 0.1) is 11.8 Å². The topological polar surface area (TPSA) is 92.8 Å². The van der Waals surface area contributed by atoms with Crippen LogP contribution in [0.4, 0.5) is 5.69 Å². The van der Waals surface area contributed by atoms with Crippen LogP contribution in [0.15, 0.2) is 18.2 Å². The van der Waals surface area contributed by atoms with E-state index in [-0.39, 0.29) is 33.3 Å². The second-order valence-corrected chi connectivity index (χ2v) is 10.9. The van der Waals surface area contributed by atoms with E-state index < -0.39 is 36.4 Å². The van der Waals surface area contributed by atoms with Crippen LogP contribution in [-0.4, -0.2) is 50.9 Å². The quantitative estimate of drug-likeness (QED) is 0.330. The van der Waals surface area contributed by atoms with Gasteiger partial charge in [0.15, 0.2) is 6.61 Å². The summed E-state index contributed by atoms with van der Waals surface area (Å²) in [7, 11) is 0. The molecule has 1 aromatic rings. The number of esters is 1. The van der Waals surface area contributed by atoms with Crippen molar-refractivity contribution in [1.82, 2.24) is 4.90 Å². The van der Waals surface area contributed by atoms with Gasteiger partial charge >= 0.3 is 5.97 Å². The number of benzene rings is 1. The molecule has 1 aromatic carbocycles. The summed E-state index contributed by atoms with van der Waals surface area (Å²) in [5.74, 6) is -2.66. The fourth-order valence-corrected chi connectivity index (χ4v) is 7.04. The number of anilines is 1. The number of rotatable bonds is 5. The number of nitrogens with zero attached hydrogens (tertiary/aromatic N) is 1. The molecule has 31 heavy (non-hydrogen) atoms. The average molecular weight is 577 g/mol. The molecule has 7 nitrogen and oxygen atoms in total. The number of hydrogen-bond donors (Lipinski definition) is 1. The molecular weight excluding hydrogens is 556 g/mol. The van der Waals surface area contributed by atoms with Crippen molar-refractivity contribution in [3.8, 4) is 0 Å². The summed E-state index contributed by atoms with van der Waals surface area (Å²) >= 11 is 13.3. The zero-order chi connectivity index (χ0) is 22.6. The van der Waals surface area contributed by atoms with E-state index in [1.54, 1.807) is 18.2 Å². The number of fused-ring (bicyclic) bond motifs is 5. The Kier molecular flexibility index (Phi) is 6.22. The van der Waals surface area contributed by atoms with E-state index in [0.717, 1.165) is 16.9 Å². The maximum absolute atomic E-state index is 13.0. The highest BCUT2D eigenvalue weighted by molar-refractivity contribution is 9.12. The third-order valence-electron chi connectivity index (χ3n) is 6.55. The number of ether oxygens (including phenoxy) is 1. The van der Waals surface area contributed by atoms with Crippen LogP contribution in [0.2, 0.25) is 5.02 Å². The summed E-state index contributed by atoms with van der Waals surface area (Å²) in [6.07, 6.45) is 0.814. The van der Waals surface area contributed by atoms with Crippen molar-refractivity contribution in [3.63, 3.8) is 0 Å². The first-order valence-electron chi connectivity index (χ1n) is 9.99. The summed E-state index contributed by atoms with van der Waals surface area (Å²) in [6.45, 7) is 2.76. The van der Waals surface area contributed by atoms with Crippen LogP contribution in [0.5, 0.6) is 0 Å². The smallest absolute Gasteiger partial charge is 0.329 e. The number of nitrogens with one attached hydrogen (secondary N) is 1. The van der Waals surface area contributed by atoms with Crippen LogP contribution in [0, 0.1) is 30.6 Å². The number of amides is 3. The summed E-state index contributed by atoms with van der Waals surface area (Å²) < 4.78 is 5.09. The molecule has 7 atom stereocenters. The molecule has 10 heteroatoms. The minimum atomic E-state index is -1.09. The minimum Gasteiger partial charge on any atom is -0.454 e. The lowest BCUT2D eigenvalue weighted by Gasteiger charge is -2.28. The molecule has 2 bridgehead atoms. The standard InChI is InChI=1S/C21H21Br2ClN2O5/c1-8-3-4-10(5-13(8)24)25-14(27)7-31-21(30)9(2)26-19(28)15-11-6-12(16(15)20(26)29)18(23)17(11)22/h3-5,9,11-12,15-18H,6-7H2,1-2H3,(H,25,27)/t9-,11+,12+,15+,16+,17-,18+/m0/s1. The maximum Gasteiger partial charge on any atom is 0.329 e. The Hall–Kier alpha value is -1.45. The normalized spacial score (nSPS) is 32.2. The molecule has 0 spiro atoms. The van der Waals surface area contributed by atoms with Crippen LogP contribution in [-0.2, 0) is 23.9 Å². The van der Waals surface area contributed by atoms with Gasteiger partial charge in [0.25, 0.3) is 5.91 Å². The van der Waals surface area contributed by atoms with E-state index in [0.29, 0.717) is 10.7 Å². The fraction of sp³-hybridized carbons (Fsp3) is 0.524. The van der Waals surface area contributed by atoms with Crippen molar-refractivity contribution in [2.75, 3.05) is 11.9 Å². The first kappa shape index (κ1) is 22.7. The molecular formula is C21H21Br2ClN2O5. The number of imide groups is 1. The highest BCUT2D eigenvalue weighted by Crippen LogP contribution is 2.60. The largest absolute Gasteiger partial charge is 0.454 e. The minimum absolute atomic E-state index is 0.0659. The maximum atomic E-state index is 13.0. The van der Waals surface area contributed by atoms with Crippen molar-refractivity contribution in [3.05, 3.63) is 28.8 Å². The first-order chi connectivity index (χ1) is 14.6. The molecule has 1 aliphatic heterocycles. The Labute approximate surface area is 201 Å². The zero-order valence-corrected chi connectivity index (χ0v) is 20.7. The van der Waals surface area contributed by atoms with Gasteiger partial charge in [-0.15, -0.1) is 0 Å². The molecule has 3 fully saturated rings. The number of carbonyl (C=O) groups excluding carboxylic acids is 4. The SMILES string of the molecule is Cc1ccc(NC(=O)COC(=O)[C@H](C)N2C(=O)[C@@H]3[C@H]4C[C@@H]([C@@H](Br)[C@H]4Br)[C@H]3C2=O)cc1Cl. The van der Waals surface area contributed by atoms with Crippen LogP contribution in [0.25, 0.3) is 0 Å². The molecule has 3 amide bonds. The van der Waals surface area contributed by atoms with Gasteiger partial charge in [-0.1, -0.05) is 49.5 Å². The Balaban J connectivity index is 1.36. The number of hydrogen-bond acceptors (Lipinski definition) is 5. The third kappa shape index (κ3) is 3.82. The molecule has 0 unspecified atom stereocenters. The summed E-state index contributed by atoms with van der Waals surface area (Å²) in [4.78, 5) is 51.9. The molecule has 2 saturated carbocycles. The van der Waals surface area contributed by atoms with Gasteiger partial charge in [0.1, 0.15) is 6.04 Å². The number of likely N-dealkylation sites (tertiary alicyclic amines) is 1. The molecule has 1 saturated heterocycles. The van der Waals surface area contributed by atoms with Gasteiger partial charge < -0.3 is 10.1 Å². The number of carbonyl (C=O) groups is 4. The van der Waals surface area contributed by atoms with E-state index in [1.165, 1.54) is 6.92 Å². The van der Waals surface area contributed by atoms with Gasteiger partial charge in [0, 0.05) is 20.4 Å². The third-order valence-corrected chi connectivity index (χ3v) is 10.2. The Bertz CT molecular complexity index is 941. The highest BCUT2D eigenvalue weighted by atomic mass is 79.9. The van der Waals surface area contributed by atoms with Crippen LogP contribution >= 0.6 is 43.5 Å². The molecule has 1 N–H and O–H groups in total. The van der Waals surface area contributed by atoms with Crippen LogP contribution in [0.3, 0.4) is 0 Å². The highest BCUT2D eigenvalue weighted by Gasteiger charge is 2.67. The van der Waals surface area contributed by atoms with E-state index in [4.69, 9.17) is 16.3 Å². The lowest BCUT2D eigenvalue weighted by molar-refractivity contribution is -0.159. The first-order valence-corrected chi connectivity index (χ1v) is 12.2. The molecule has 166 valence electrons. The molecule has 0 aromatic heterocycles. The van der Waals surface area contributed by atoms with Crippen molar-refractivity contribution in [2.45, 2.75) is 36.0 Å². The Morgan fingerprint density at radius 2 is 1.77 bits per heavy atom. The van der Waals surface area contributed by atoms with Crippen LogP contribution < -0.4 is 5.32 Å². The van der Waals surface area contributed by atoms with Gasteiger partial charge in [0.2, 0.25) is 11.8 Å². The molecule has 2 aliphatic carbocycles. The second kappa shape index (κ2) is 8.48. The summed E-state index contributed by atoms with van der Waals surface area (Å²) in [6, 6.07) is 3.96. The summed E-state index contributed by atoms with van der Waals surface area (Å²) in [5.41, 5.74) is 1.35. The van der Waals surface area contributed by atoms with Gasteiger partial charge in [-0.25, -0.2) is 4.79 Å². The fourth-order valence-electron chi connectivity index (χ4n) is 4.98. The van der Waals surface area contributed by atoms with Crippen LogP contribution in [0.1, 0.15) is 18.9 Å². The van der Waals surface area contributed by atoms with E-state index in [1.807, 2.05) is 6.92 Å². The molecule has 0 radical (unpaired) electrons. The number of aryl methyl sites for hydroxylation is 1. The zero-order valence-electron chi connectivity index (χ0n) is 16.8. The lowest BCUT2D eigenvalue weighted by atomic mass is 9.81. The Morgan fingerprint density at radius 3 is 2.32 bits per heavy atom. The van der Waals surface area contributed by atoms with Crippen molar-refractivity contribution in [2.24, 2.45) is 23.7 Å². The average Bonchev–Trinajstić information content (AvgIpc) is 3.33. The predicted octanol–water partition coefficient (Wildman–Crippen LogP) is 3.30. The Morgan fingerprint density at radius 1 is 1.19 bits per heavy atom. The molecule has 4 rings (SSSR count). The molecule has 1 heterocycles. The molecule has 3 aliphatic rings. The van der Waals surface area contributed by atoms with Crippen molar-refractivity contribution < 1.29 is 23.9 Å². The predicted molar refractivity (Wildman–Crippen MR) is 121 cm³/mol. The van der Waals surface area contributed by atoms with E-state index in [9.17, 15) is 19.2 Å². The van der Waals surface area contributed by atoms with Gasteiger partial charge in [-0.3, -0.25) is 19.3 Å². The van der Waals surface area contributed by atoms with E-state index in [2.05, 4.69) is 37.2 Å². The van der Waals surface area contributed by atoms with Gasteiger partial charge in [-0.05, 0) is 49.8 Å². The monoisotopic (exact) mass is 574 g/mol. The summed E-state index contributed by atoms with van der Waals surface area (Å²) in [5, 5.41) is 3.10. The van der Waals surface area contributed by atoms with E-state index >= 15 is 0 Å². The van der Waals surface area contributed by atoms with Crippen molar-refractivity contribution in [1.29, 1.82) is 0 Å². The second-order valence-electron chi connectivity index (χ2n) is 8.35. The van der Waals surface area contributed by atoms with Gasteiger partial charge in [-0.2, -0.15) is 0 Å².